The normalized spacial score (nSPS) is 25.9. The van der Waals surface area contributed by atoms with Crippen LogP contribution in [0.5, 0.6) is 5.75 Å². The standard InChI is InChI=1S/C16H25NO/c1-12-5-3-7-14(9-12)16(17-2)11-13-6-4-8-15(18)10-13/h4,6,8,10,12,14,16-18H,3,5,7,9,11H2,1-2H3. The lowest BCUT2D eigenvalue weighted by Gasteiger charge is -2.33. The first-order valence-electron chi connectivity index (χ1n) is 7.14. The van der Waals surface area contributed by atoms with Gasteiger partial charge >= 0.3 is 0 Å². The van der Waals surface area contributed by atoms with Crippen LogP contribution in [0.1, 0.15) is 38.2 Å². The molecule has 0 aromatic heterocycles. The molecule has 18 heavy (non-hydrogen) atoms. The summed E-state index contributed by atoms with van der Waals surface area (Å²) < 4.78 is 0. The van der Waals surface area contributed by atoms with Gasteiger partial charge in [-0.1, -0.05) is 31.9 Å². The number of nitrogens with one attached hydrogen (secondary N) is 1. The van der Waals surface area contributed by atoms with E-state index in [9.17, 15) is 5.11 Å². The highest BCUT2D eigenvalue weighted by atomic mass is 16.3. The number of hydrogen-bond acceptors (Lipinski definition) is 2. The molecule has 0 heterocycles. The minimum Gasteiger partial charge on any atom is -0.508 e. The summed E-state index contributed by atoms with van der Waals surface area (Å²) in [4.78, 5) is 0. The van der Waals surface area contributed by atoms with Crippen molar-refractivity contribution in [1.29, 1.82) is 0 Å². The van der Waals surface area contributed by atoms with Crippen LogP contribution in [-0.2, 0) is 6.42 Å². The maximum absolute atomic E-state index is 9.53. The lowest BCUT2D eigenvalue weighted by molar-refractivity contribution is 0.227. The number of phenols is 1. The first kappa shape index (κ1) is 13.4. The number of phenolic OH excluding ortho intramolecular Hbond substituents is 1. The van der Waals surface area contributed by atoms with Gasteiger partial charge in [0, 0.05) is 6.04 Å². The fourth-order valence-electron chi connectivity index (χ4n) is 3.29. The summed E-state index contributed by atoms with van der Waals surface area (Å²) in [6.07, 6.45) is 6.45. The number of aromatic hydroxyl groups is 1. The van der Waals surface area contributed by atoms with Gasteiger partial charge in [-0.15, -0.1) is 0 Å². The van der Waals surface area contributed by atoms with E-state index in [-0.39, 0.29) is 0 Å². The highest BCUT2D eigenvalue weighted by Crippen LogP contribution is 2.32. The van der Waals surface area contributed by atoms with E-state index in [1.807, 2.05) is 12.1 Å². The Morgan fingerprint density at radius 1 is 1.39 bits per heavy atom. The fourth-order valence-corrected chi connectivity index (χ4v) is 3.29. The summed E-state index contributed by atoms with van der Waals surface area (Å²) in [5.41, 5.74) is 1.23. The topological polar surface area (TPSA) is 32.3 Å². The van der Waals surface area contributed by atoms with Crippen molar-refractivity contribution >= 4 is 0 Å². The molecule has 3 unspecified atom stereocenters. The van der Waals surface area contributed by atoms with Gasteiger partial charge in [-0.05, 0) is 55.8 Å². The van der Waals surface area contributed by atoms with Crippen molar-refractivity contribution in [1.82, 2.24) is 5.32 Å². The molecule has 1 fully saturated rings. The molecule has 3 atom stereocenters. The van der Waals surface area contributed by atoms with Crippen molar-refractivity contribution in [3.63, 3.8) is 0 Å². The number of rotatable bonds is 4. The molecule has 0 aliphatic heterocycles. The Morgan fingerprint density at radius 2 is 2.22 bits per heavy atom. The Labute approximate surface area is 110 Å². The van der Waals surface area contributed by atoms with Crippen LogP contribution in [0, 0.1) is 11.8 Å². The third-order valence-corrected chi connectivity index (χ3v) is 4.28. The third-order valence-electron chi connectivity index (χ3n) is 4.28. The number of benzene rings is 1. The van der Waals surface area contributed by atoms with Crippen LogP contribution in [0.2, 0.25) is 0 Å². The molecule has 2 nitrogen and oxygen atoms in total. The van der Waals surface area contributed by atoms with E-state index in [1.54, 1.807) is 6.07 Å². The molecule has 1 aliphatic rings. The summed E-state index contributed by atoms with van der Waals surface area (Å²) in [5, 5.41) is 13.0. The van der Waals surface area contributed by atoms with Crippen molar-refractivity contribution in [2.24, 2.45) is 11.8 Å². The van der Waals surface area contributed by atoms with E-state index in [0.717, 1.165) is 18.3 Å². The van der Waals surface area contributed by atoms with Crippen molar-refractivity contribution < 1.29 is 5.11 Å². The molecular formula is C16H25NO. The smallest absolute Gasteiger partial charge is 0.115 e. The Morgan fingerprint density at radius 3 is 2.89 bits per heavy atom. The molecule has 2 heteroatoms. The minimum absolute atomic E-state index is 0.374. The Bertz CT molecular complexity index is 377. The van der Waals surface area contributed by atoms with Gasteiger partial charge in [0.05, 0.1) is 0 Å². The van der Waals surface area contributed by atoms with Crippen LogP contribution in [-0.4, -0.2) is 18.2 Å². The lowest BCUT2D eigenvalue weighted by Crippen LogP contribution is -2.37. The van der Waals surface area contributed by atoms with Gasteiger partial charge in [-0.3, -0.25) is 0 Å². The van der Waals surface area contributed by atoms with E-state index in [2.05, 4.69) is 25.4 Å². The molecule has 2 N–H and O–H groups in total. The highest BCUT2D eigenvalue weighted by Gasteiger charge is 2.25. The Hall–Kier alpha value is -1.02. The molecule has 0 spiro atoms. The maximum Gasteiger partial charge on any atom is 0.115 e. The fraction of sp³-hybridized carbons (Fsp3) is 0.625. The summed E-state index contributed by atoms with van der Waals surface area (Å²) in [6.45, 7) is 2.37. The third kappa shape index (κ3) is 3.49. The van der Waals surface area contributed by atoms with E-state index in [0.29, 0.717) is 11.8 Å². The predicted octanol–water partition coefficient (Wildman–Crippen LogP) is 3.35. The van der Waals surface area contributed by atoms with E-state index < -0.39 is 0 Å². The van der Waals surface area contributed by atoms with Gasteiger partial charge in [0.25, 0.3) is 0 Å². The SMILES string of the molecule is CNC(Cc1cccc(O)c1)C1CCCC(C)C1. The molecule has 0 radical (unpaired) electrons. The Kier molecular flexibility index (Phi) is 4.65. The quantitative estimate of drug-likeness (QED) is 0.855. The molecule has 1 aromatic carbocycles. The van der Waals surface area contributed by atoms with Gasteiger partial charge in [0.15, 0.2) is 0 Å². The van der Waals surface area contributed by atoms with Gasteiger partial charge in [-0.2, -0.15) is 0 Å². The molecular weight excluding hydrogens is 222 g/mol. The van der Waals surface area contributed by atoms with Crippen molar-refractivity contribution in [3.05, 3.63) is 29.8 Å². The van der Waals surface area contributed by atoms with Crippen LogP contribution in [0.25, 0.3) is 0 Å². The first-order valence-corrected chi connectivity index (χ1v) is 7.14. The van der Waals surface area contributed by atoms with E-state index in [1.165, 1.54) is 31.2 Å². The first-order chi connectivity index (χ1) is 8.69. The Balaban J connectivity index is 2.00. The van der Waals surface area contributed by atoms with Crippen LogP contribution < -0.4 is 5.32 Å². The monoisotopic (exact) mass is 247 g/mol. The molecule has 0 saturated heterocycles. The number of hydrogen-bond donors (Lipinski definition) is 2. The number of likely N-dealkylation sites (N-methyl/N-ethyl adjacent to an activating group) is 1. The van der Waals surface area contributed by atoms with Crippen molar-refractivity contribution in [3.8, 4) is 5.75 Å². The zero-order chi connectivity index (χ0) is 13.0. The zero-order valence-electron chi connectivity index (χ0n) is 11.5. The maximum atomic E-state index is 9.53. The largest absolute Gasteiger partial charge is 0.508 e. The van der Waals surface area contributed by atoms with E-state index in [4.69, 9.17) is 0 Å². The van der Waals surface area contributed by atoms with Gasteiger partial charge in [0.1, 0.15) is 5.75 Å². The predicted molar refractivity (Wildman–Crippen MR) is 75.8 cm³/mol. The van der Waals surface area contributed by atoms with Crippen LogP contribution in [0.15, 0.2) is 24.3 Å². The molecule has 0 amide bonds. The molecule has 1 aliphatic carbocycles. The average molecular weight is 247 g/mol. The van der Waals surface area contributed by atoms with Crippen LogP contribution in [0.4, 0.5) is 0 Å². The van der Waals surface area contributed by atoms with Gasteiger partial charge in [0.2, 0.25) is 0 Å². The molecule has 2 rings (SSSR count). The summed E-state index contributed by atoms with van der Waals surface area (Å²) >= 11 is 0. The van der Waals surface area contributed by atoms with Crippen LogP contribution in [0.3, 0.4) is 0 Å². The molecule has 1 aromatic rings. The second kappa shape index (κ2) is 6.24. The highest BCUT2D eigenvalue weighted by molar-refractivity contribution is 5.27. The molecule has 1 saturated carbocycles. The summed E-state index contributed by atoms with van der Waals surface area (Å²) in [5.74, 6) is 2.02. The molecule has 0 bridgehead atoms. The van der Waals surface area contributed by atoms with Gasteiger partial charge < -0.3 is 10.4 Å². The zero-order valence-corrected chi connectivity index (χ0v) is 11.5. The lowest BCUT2D eigenvalue weighted by atomic mass is 9.77. The summed E-state index contributed by atoms with van der Waals surface area (Å²) in [6, 6.07) is 8.20. The summed E-state index contributed by atoms with van der Waals surface area (Å²) in [7, 11) is 2.06. The minimum atomic E-state index is 0.374. The van der Waals surface area contributed by atoms with Crippen molar-refractivity contribution in [2.75, 3.05) is 7.05 Å². The second-order valence-electron chi connectivity index (χ2n) is 5.80. The second-order valence-corrected chi connectivity index (χ2v) is 5.80. The van der Waals surface area contributed by atoms with Crippen molar-refractivity contribution in [2.45, 2.75) is 45.1 Å². The van der Waals surface area contributed by atoms with Gasteiger partial charge in [-0.25, -0.2) is 0 Å². The van der Waals surface area contributed by atoms with Crippen LogP contribution >= 0.6 is 0 Å². The van der Waals surface area contributed by atoms with E-state index >= 15 is 0 Å². The average Bonchev–Trinajstić information content (AvgIpc) is 2.36. The molecule has 100 valence electrons.